The molecular weight excluding hydrogens is 292 g/mol. The van der Waals surface area contributed by atoms with E-state index in [0.29, 0.717) is 13.2 Å². The highest BCUT2D eigenvalue weighted by molar-refractivity contribution is 5.76. The number of rotatable bonds is 6. The van der Waals surface area contributed by atoms with Crippen molar-refractivity contribution < 1.29 is 9.53 Å². The molecule has 1 aliphatic heterocycles. The topological polar surface area (TPSA) is 50.6 Å². The quantitative estimate of drug-likeness (QED) is 0.801. The summed E-state index contributed by atoms with van der Waals surface area (Å²) in [5.74, 6) is 1.06. The van der Waals surface area contributed by atoms with Crippen molar-refractivity contribution in [3.63, 3.8) is 0 Å². The van der Waals surface area contributed by atoms with E-state index in [1.165, 1.54) is 0 Å². The molecule has 1 aliphatic rings. The first-order chi connectivity index (χ1) is 11.3. The molecule has 0 saturated carbocycles. The number of piperazine rings is 1. The van der Waals surface area contributed by atoms with E-state index in [0.717, 1.165) is 38.5 Å². The highest BCUT2D eigenvalue weighted by atomic mass is 16.5. The average molecular weight is 314 g/mol. The molecule has 0 radical (unpaired) electrons. The summed E-state index contributed by atoms with van der Waals surface area (Å²) in [6.07, 6.45) is 5.18. The molecule has 1 fully saturated rings. The van der Waals surface area contributed by atoms with Crippen LogP contribution in [0, 0.1) is 0 Å². The molecule has 0 unspecified atom stereocenters. The zero-order valence-electron chi connectivity index (χ0n) is 13.2. The number of nitrogens with zero attached hydrogens (tertiary/aromatic N) is 4. The Hall–Kier alpha value is -2.34. The Kier molecular flexibility index (Phi) is 5.26. The predicted molar refractivity (Wildman–Crippen MR) is 87.2 cm³/mol. The lowest BCUT2D eigenvalue weighted by Crippen LogP contribution is -2.50. The van der Waals surface area contributed by atoms with Crippen molar-refractivity contribution in [2.75, 3.05) is 39.3 Å². The van der Waals surface area contributed by atoms with Gasteiger partial charge in [-0.25, -0.2) is 4.98 Å². The molecule has 1 aromatic carbocycles. The first-order valence-electron chi connectivity index (χ1n) is 7.95. The van der Waals surface area contributed by atoms with Crippen LogP contribution in [0.4, 0.5) is 0 Å². The Morgan fingerprint density at radius 2 is 1.91 bits per heavy atom. The maximum atomic E-state index is 12.2. The largest absolute Gasteiger partial charge is 0.492 e. The fourth-order valence-electron chi connectivity index (χ4n) is 2.67. The van der Waals surface area contributed by atoms with Crippen LogP contribution in [0.15, 0.2) is 49.1 Å². The normalized spacial score (nSPS) is 15.6. The summed E-state index contributed by atoms with van der Waals surface area (Å²) >= 11 is 0. The van der Waals surface area contributed by atoms with Gasteiger partial charge in [0.15, 0.2) is 0 Å². The minimum Gasteiger partial charge on any atom is -0.492 e. The molecule has 2 heterocycles. The zero-order valence-corrected chi connectivity index (χ0v) is 13.2. The van der Waals surface area contributed by atoms with E-state index >= 15 is 0 Å². The smallest absolute Gasteiger partial charge is 0.242 e. The summed E-state index contributed by atoms with van der Waals surface area (Å²) in [6.45, 7) is 5.28. The number of hydrogen-bond donors (Lipinski definition) is 0. The van der Waals surface area contributed by atoms with Crippen molar-refractivity contribution in [2.45, 2.75) is 6.54 Å². The van der Waals surface area contributed by atoms with Crippen molar-refractivity contribution in [2.24, 2.45) is 0 Å². The van der Waals surface area contributed by atoms with Crippen LogP contribution in [-0.2, 0) is 11.3 Å². The van der Waals surface area contributed by atoms with Crippen molar-refractivity contribution in [3.8, 4) is 5.75 Å². The summed E-state index contributed by atoms with van der Waals surface area (Å²) in [7, 11) is 0. The van der Waals surface area contributed by atoms with Crippen molar-refractivity contribution >= 4 is 5.91 Å². The number of ether oxygens (including phenoxy) is 1. The monoisotopic (exact) mass is 314 g/mol. The van der Waals surface area contributed by atoms with Gasteiger partial charge in [0.1, 0.15) is 18.9 Å². The number of benzene rings is 1. The number of carbonyl (C=O) groups is 1. The zero-order chi connectivity index (χ0) is 15.9. The third-order valence-corrected chi connectivity index (χ3v) is 4.02. The second-order valence-corrected chi connectivity index (χ2v) is 5.62. The molecule has 122 valence electrons. The van der Waals surface area contributed by atoms with E-state index in [1.807, 2.05) is 46.0 Å². The summed E-state index contributed by atoms with van der Waals surface area (Å²) in [5, 5.41) is 0. The minimum atomic E-state index is 0.156. The molecule has 23 heavy (non-hydrogen) atoms. The van der Waals surface area contributed by atoms with Gasteiger partial charge in [0, 0.05) is 45.1 Å². The minimum absolute atomic E-state index is 0.156. The summed E-state index contributed by atoms with van der Waals surface area (Å²) in [5.41, 5.74) is 0. The first kappa shape index (κ1) is 15.6. The van der Waals surface area contributed by atoms with Gasteiger partial charge in [-0.05, 0) is 12.1 Å². The number of carbonyl (C=O) groups excluding carboxylic acids is 1. The van der Waals surface area contributed by atoms with Gasteiger partial charge in [0.05, 0.1) is 6.33 Å². The van der Waals surface area contributed by atoms with Crippen molar-refractivity contribution in [3.05, 3.63) is 49.1 Å². The van der Waals surface area contributed by atoms with Gasteiger partial charge in [0.2, 0.25) is 5.91 Å². The molecule has 1 amide bonds. The van der Waals surface area contributed by atoms with Gasteiger partial charge in [-0.2, -0.15) is 0 Å². The number of imidazole rings is 1. The molecule has 0 N–H and O–H groups in total. The van der Waals surface area contributed by atoms with E-state index in [4.69, 9.17) is 4.74 Å². The highest BCUT2D eigenvalue weighted by Gasteiger charge is 2.20. The number of amides is 1. The lowest BCUT2D eigenvalue weighted by molar-refractivity contribution is -0.133. The molecule has 1 saturated heterocycles. The second-order valence-electron chi connectivity index (χ2n) is 5.62. The van der Waals surface area contributed by atoms with E-state index in [9.17, 15) is 4.79 Å². The number of hydrogen-bond acceptors (Lipinski definition) is 4. The van der Waals surface area contributed by atoms with Crippen molar-refractivity contribution in [1.29, 1.82) is 0 Å². The molecule has 0 atom stereocenters. The molecule has 0 aliphatic carbocycles. The summed E-state index contributed by atoms with van der Waals surface area (Å²) in [6, 6.07) is 9.85. The summed E-state index contributed by atoms with van der Waals surface area (Å²) in [4.78, 5) is 20.4. The third kappa shape index (κ3) is 4.56. The molecule has 6 heteroatoms. The predicted octanol–water partition coefficient (Wildman–Crippen LogP) is 1.11. The Morgan fingerprint density at radius 1 is 1.13 bits per heavy atom. The standard InChI is InChI=1S/C17H22N4O2/c22-17(14-20-7-6-18-15-20)21-10-8-19(9-11-21)12-13-23-16-4-2-1-3-5-16/h1-7,15H,8-14H2. The van der Waals surface area contributed by atoms with Gasteiger partial charge < -0.3 is 14.2 Å². The lowest BCUT2D eigenvalue weighted by atomic mass is 10.3. The molecular formula is C17H22N4O2. The fraction of sp³-hybridized carbons (Fsp3) is 0.412. The van der Waals surface area contributed by atoms with Crippen LogP contribution in [0.1, 0.15) is 0 Å². The van der Waals surface area contributed by atoms with Gasteiger partial charge in [-0.15, -0.1) is 0 Å². The summed E-state index contributed by atoms with van der Waals surface area (Å²) < 4.78 is 7.53. The molecule has 0 bridgehead atoms. The fourth-order valence-corrected chi connectivity index (χ4v) is 2.67. The number of aromatic nitrogens is 2. The van der Waals surface area contributed by atoms with Crippen LogP contribution >= 0.6 is 0 Å². The molecule has 6 nitrogen and oxygen atoms in total. The maximum Gasteiger partial charge on any atom is 0.242 e. The van der Waals surface area contributed by atoms with Crippen LogP contribution < -0.4 is 4.74 Å². The van der Waals surface area contributed by atoms with Crippen LogP contribution in [-0.4, -0.2) is 64.6 Å². The molecule has 1 aromatic heterocycles. The Balaban J connectivity index is 1.36. The second kappa shape index (κ2) is 7.78. The van der Waals surface area contributed by atoms with E-state index in [1.54, 1.807) is 12.5 Å². The lowest BCUT2D eigenvalue weighted by Gasteiger charge is -2.34. The van der Waals surface area contributed by atoms with Crippen LogP contribution in [0.5, 0.6) is 5.75 Å². The number of para-hydroxylation sites is 1. The molecule has 3 rings (SSSR count). The SMILES string of the molecule is O=C(Cn1ccnc1)N1CCN(CCOc2ccccc2)CC1. The van der Waals surface area contributed by atoms with Gasteiger partial charge in [0.25, 0.3) is 0 Å². The van der Waals surface area contributed by atoms with E-state index in [2.05, 4.69) is 9.88 Å². The van der Waals surface area contributed by atoms with Crippen LogP contribution in [0.25, 0.3) is 0 Å². The molecule has 0 spiro atoms. The molecule has 2 aromatic rings. The Bertz CT molecular complexity index is 592. The Morgan fingerprint density at radius 3 is 2.61 bits per heavy atom. The maximum absolute atomic E-state index is 12.2. The van der Waals surface area contributed by atoms with E-state index < -0.39 is 0 Å². The average Bonchev–Trinajstić information content (AvgIpc) is 3.09. The highest BCUT2D eigenvalue weighted by Crippen LogP contribution is 2.09. The van der Waals surface area contributed by atoms with Gasteiger partial charge in [-0.1, -0.05) is 18.2 Å². The van der Waals surface area contributed by atoms with Gasteiger partial charge >= 0.3 is 0 Å². The Labute approximate surface area is 136 Å². The first-order valence-corrected chi connectivity index (χ1v) is 7.95. The van der Waals surface area contributed by atoms with Crippen LogP contribution in [0.2, 0.25) is 0 Å². The third-order valence-electron chi connectivity index (χ3n) is 4.02. The van der Waals surface area contributed by atoms with E-state index in [-0.39, 0.29) is 5.91 Å². The van der Waals surface area contributed by atoms with Gasteiger partial charge in [-0.3, -0.25) is 9.69 Å². The van der Waals surface area contributed by atoms with Crippen LogP contribution in [0.3, 0.4) is 0 Å². The van der Waals surface area contributed by atoms with Crippen molar-refractivity contribution in [1.82, 2.24) is 19.4 Å².